The number of hydrogen-bond donors (Lipinski definition) is 1. The second-order valence-corrected chi connectivity index (χ2v) is 5.24. The van der Waals surface area contributed by atoms with Gasteiger partial charge in [0.2, 0.25) is 0 Å². The lowest BCUT2D eigenvalue weighted by Gasteiger charge is -2.16. The van der Waals surface area contributed by atoms with Crippen LogP contribution in [0.25, 0.3) is 5.69 Å². The second-order valence-electron chi connectivity index (χ2n) is 5.24. The number of nitrogens with zero attached hydrogens (tertiary/aromatic N) is 4. The van der Waals surface area contributed by atoms with Gasteiger partial charge in [-0.05, 0) is 43.3 Å². The minimum atomic E-state index is -0.711. The van der Waals surface area contributed by atoms with E-state index in [0.29, 0.717) is 22.7 Å². The fourth-order valence-corrected chi connectivity index (χ4v) is 2.21. The lowest BCUT2D eigenvalue weighted by Crippen LogP contribution is -2.30. The molecular formula is C18H15N5O2. The number of benzene rings is 2. The average Bonchev–Trinajstić information content (AvgIpc) is 3.17. The van der Waals surface area contributed by atoms with Gasteiger partial charge in [0.15, 0.2) is 6.10 Å². The van der Waals surface area contributed by atoms with Crippen LogP contribution in [0.4, 0.5) is 5.69 Å². The van der Waals surface area contributed by atoms with Crippen LogP contribution in [-0.4, -0.2) is 26.8 Å². The van der Waals surface area contributed by atoms with Crippen molar-refractivity contribution in [3.8, 4) is 17.5 Å². The molecule has 7 nitrogen and oxygen atoms in total. The van der Waals surface area contributed by atoms with E-state index in [9.17, 15) is 4.79 Å². The van der Waals surface area contributed by atoms with Crippen LogP contribution in [0.2, 0.25) is 0 Å². The van der Waals surface area contributed by atoms with Gasteiger partial charge in [0.1, 0.15) is 18.4 Å². The van der Waals surface area contributed by atoms with E-state index in [-0.39, 0.29) is 5.91 Å². The zero-order valence-electron chi connectivity index (χ0n) is 13.5. The quantitative estimate of drug-likeness (QED) is 0.774. The molecule has 1 amide bonds. The zero-order valence-corrected chi connectivity index (χ0v) is 13.5. The minimum absolute atomic E-state index is 0.295. The Morgan fingerprint density at radius 1 is 1.24 bits per heavy atom. The fraction of sp³-hybridized carbons (Fsp3) is 0.111. The molecule has 2 aromatic carbocycles. The molecule has 3 rings (SSSR count). The number of hydrogen-bond acceptors (Lipinski definition) is 5. The molecule has 1 N–H and O–H groups in total. The number of para-hydroxylation sites is 2. The highest BCUT2D eigenvalue weighted by atomic mass is 16.5. The molecule has 7 heteroatoms. The Labute approximate surface area is 144 Å². The molecule has 0 aliphatic rings. The summed E-state index contributed by atoms with van der Waals surface area (Å²) in [5.41, 5.74) is 1.85. The average molecular weight is 333 g/mol. The van der Waals surface area contributed by atoms with Crippen molar-refractivity contribution in [2.75, 3.05) is 5.32 Å². The van der Waals surface area contributed by atoms with E-state index >= 15 is 0 Å². The van der Waals surface area contributed by atoms with Crippen LogP contribution in [0.3, 0.4) is 0 Å². The number of aromatic nitrogens is 3. The summed E-state index contributed by atoms with van der Waals surface area (Å²) in [5, 5.41) is 15.7. The Bertz CT molecular complexity index is 898. The molecule has 1 unspecified atom stereocenters. The molecule has 0 saturated carbocycles. The molecule has 0 saturated heterocycles. The fourth-order valence-electron chi connectivity index (χ4n) is 2.21. The van der Waals surface area contributed by atoms with Gasteiger partial charge in [0.05, 0.1) is 23.0 Å². The monoisotopic (exact) mass is 333 g/mol. The van der Waals surface area contributed by atoms with Crippen molar-refractivity contribution in [3.63, 3.8) is 0 Å². The van der Waals surface area contributed by atoms with Gasteiger partial charge in [-0.15, -0.1) is 0 Å². The summed E-state index contributed by atoms with van der Waals surface area (Å²) in [5.74, 6) is 0.225. The first kappa shape index (κ1) is 16.2. The molecule has 1 atom stereocenters. The third-order valence-corrected chi connectivity index (χ3v) is 3.49. The molecule has 0 aliphatic carbocycles. The molecule has 1 heterocycles. The van der Waals surface area contributed by atoms with Crippen LogP contribution >= 0.6 is 0 Å². The highest BCUT2D eigenvalue weighted by Gasteiger charge is 2.17. The summed E-state index contributed by atoms with van der Waals surface area (Å²) in [6, 6.07) is 15.9. The first-order valence-corrected chi connectivity index (χ1v) is 7.59. The number of rotatable bonds is 5. The molecule has 0 aliphatic heterocycles. The maximum absolute atomic E-state index is 12.4. The number of anilines is 1. The number of carbonyl (C=O) groups is 1. The van der Waals surface area contributed by atoms with Crippen molar-refractivity contribution in [2.24, 2.45) is 0 Å². The van der Waals surface area contributed by atoms with Crippen LogP contribution in [0.5, 0.6) is 5.75 Å². The maximum Gasteiger partial charge on any atom is 0.265 e. The van der Waals surface area contributed by atoms with Gasteiger partial charge in [-0.25, -0.2) is 9.67 Å². The van der Waals surface area contributed by atoms with Crippen LogP contribution in [0.15, 0.2) is 61.2 Å². The summed E-state index contributed by atoms with van der Waals surface area (Å²) in [6.07, 6.45) is 2.27. The molecule has 0 bridgehead atoms. The highest BCUT2D eigenvalue weighted by Crippen LogP contribution is 2.20. The summed E-state index contributed by atoms with van der Waals surface area (Å²) < 4.78 is 7.19. The minimum Gasteiger partial charge on any atom is -0.481 e. The predicted molar refractivity (Wildman–Crippen MR) is 91.2 cm³/mol. The van der Waals surface area contributed by atoms with E-state index in [1.54, 1.807) is 48.3 Å². The van der Waals surface area contributed by atoms with Crippen molar-refractivity contribution in [3.05, 3.63) is 66.7 Å². The van der Waals surface area contributed by atoms with Crippen LogP contribution in [0, 0.1) is 11.3 Å². The van der Waals surface area contributed by atoms with Gasteiger partial charge in [-0.2, -0.15) is 10.4 Å². The van der Waals surface area contributed by atoms with Crippen molar-refractivity contribution in [1.82, 2.24) is 14.8 Å². The summed E-state index contributed by atoms with van der Waals surface area (Å²) >= 11 is 0. The molecule has 0 fully saturated rings. The topological polar surface area (TPSA) is 92.8 Å². The molecule has 124 valence electrons. The molecule has 3 aromatic rings. The highest BCUT2D eigenvalue weighted by molar-refractivity contribution is 5.95. The van der Waals surface area contributed by atoms with Gasteiger partial charge in [0.25, 0.3) is 5.91 Å². The number of carbonyl (C=O) groups excluding carboxylic acids is 1. The van der Waals surface area contributed by atoms with E-state index in [2.05, 4.69) is 15.4 Å². The Morgan fingerprint density at radius 2 is 2.00 bits per heavy atom. The van der Waals surface area contributed by atoms with Gasteiger partial charge in [-0.1, -0.05) is 12.1 Å². The lowest BCUT2D eigenvalue weighted by molar-refractivity contribution is -0.122. The first-order chi connectivity index (χ1) is 12.2. The second kappa shape index (κ2) is 7.27. The van der Waals surface area contributed by atoms with Gasteiger partial charge in [0, 0.05) is 0 Å². The van der Waals surface area contributed by atoms with E-state index in [1.807, 2.05) is 24.3 Å². The van der Waals surface area contributed by atoms with Crippen molar-refractivity contribution in [1.29, 1.82) is 5.26 Å². The SMILES string of the molecule is CC(Oc1ccc(C#N)cc1)C(=O)Nc1ccccc1-n1cncn1. The molecule has 0 spiro atoms. The summed E-state index contributed by atoms with van der Waals surface area (Å²) in [7, 11) is 0. The lowest BCUT2D eigenvalue weighted by atomic mass is 10.2. The van der Waals surface area contributed by atoms with E-state index in [4.69, 9.17) is 10.00 Å². The molecule has 0 radical (unpaired) electrons. The standard InChI is InChI=1S/C18H15N5O2/c1-13(25-15-8-6-14(10-19)7-9-15)18(24)22-16-4-2-3-5-17(16)23-12-20-11-21-23/h2-9,11-13H,1H3,(H,22,24). The van der Waals surface area contributed by atoms with Crippen LogP contribution in [0.1, 0.15) is 12.5 Å². The third-order valence-electron chi connectivity index (χ3n) is 3.49. The van der Waals surface area contributed by atoms with Gasteiger partial charge >= 0.3 is 0 Å². The zero-order chi connectivity index (χ0) is 17.6. The molecule has 1 aromatic heterocycles. The van der Waals surface area contributed by atoms with E-state index < -0.39 is 6.10 Å². The van der Waals surface area contributed by atoms with Gasteiger partial charge in [-0.3, -0.25) is 4.79 Å². The van der Waals surface area contributed by atoms with Gasteiger partial charge < -0.3 is 10.1 Å². The summed E-state index contributed by atoms with van der Waals surface area (Å²) in [6.45, 7) is 1.66. The van der Waals surface area contributed by atoms with Crippen molar-refractivity contribution in [2.45, 2.75) is 13.0 Å². The number of amides is 1. The van der Waals surface area contributed by atoms with Crippen molar-refractivity contribution < 1.29 is 9.53 Å². The summed E-state index contributed by atoms with van der Waals surface area (Å²) in [4.78, 5) is 16.3. The van der Waals surface area contributed by atoms with Crippen molar-refractivity contribution >= 4 is 11.6 Å². The number of nitrogens with one attached hydrogen (secondary N) is 1. The van der Waals surface area contributed by atoms with Crippen LogP contribution < -0.4 is 10.1 Å². The number of nitriles is 1. The predicted octanol–water partition coefficient (Wildman–Crippen LogP) is 2.54. The first-order valence-electron chi connectivity index (χ1n) is 7.59. The Morgan fingerprint density at radius 3 is 2.68 bits per heavy atom. The smallest absolute Gasteiger partial charge is 0.265 e. The number of ether oxygens (including phenoxy) is 1. The Balaban J connectivity index is 1.71. The molecular weight excluding hydrogens is 318 g/mol. The van der Waals surface area contributed by atoms with E-state index in [0.717, 1.165) is 0 Å². The maximum atomic E-state index is 12.4. The molecule has 25 heavy (non-hydrogen) atoms. The largest absolute Gasteiger partial charge is 0.481 e. The van der Waals surface area contributed by atoms with E-state index in [1.165, 1.54) is 6.33 Å². The Hall–Kier alpha value is -3.66. The third kappa shape index (κ3) is 3.82. The van der Waals surface area contributed by atoms with Crippen LogP contribution in [-0.2, 0) is 4.79 Å². The Kier molecular flexibility index (Phi) is 4.72. The normalized spacial score (nSPS) is 11.4.